The molecule has 2 aromatic heterocycles. The van der Waals surface area contributed by atoms with E-state index in [2.05, 4.69) is 31.4 Å². The molecule has 4 rings (SSSR count). The molecular formula is C18H17BrN4O2. The van der Waals surface area contributed by atoms with Crippen molar-refractivity contribution in [3.63, 3.8) is 0 Å². The summed E-state index contributed by atoms with van der Waals surface area (Å²) in [5.74, 6) is 0.609. The molecule has 128 valence electrons. The minimum atomic E-state index is -0.122. The monoisotopic (exact) mass is 400 g/mol. The lowest BCUT2D eigenvalue weighted by Gasteiger charge is -2.11. The van der Waals surface area contributed by atoms with Crippen molar-refractivity contribution >= 4 is 27.5 Å². The van der Waals surface area contributed by atoms with Crippen LogP contribution in [0.3, 0.4) is 0 Å². The summed E-state index contributed by atoms with van der Waals surface area (Å²) in [5, 5.41) is 11.4. The largest absolute Gasteiger partial charge is 0.376 e. The lowest BCUT2D eigenvalue weighted by Crippen LogP contribution is -2.31. The van der Waals surface area contributed by atoms with Gasteiger partial charge in [0.25, 0.3) is 5.91 Å². The number of carbonyl (C=O) groups excluding carboxylic acids is 1. The zero-order valence-electron chi connectivity index (χ0n) is 13.5. The molecule has 25 heavy (non-hydrogen) atoms. The smallest absolute Gasteiger partial charge is 0.251 e. The van der Waals surface area contributed by atoms with Gasteiger partial charge in [-0.3, -0.25) is 9.20 Å². The van der Waals surface area contributed by atoms with Gasteiger partial charge in [0.2, 0.25) is 0 Å². The van der Waals surface area contributed by atoms with Crippen molar-refractivity contribution in [2.45, 2.75) is 18.9 Å². The average molecular weight is 401 g/mol. The molecule has 0 saturated carbocycles. The van der Waals surface area contributed by atoms with E-state index >= 15 is 0 Å². The molecule has 7 heteroatoms. The van der Waals surface area contributed by atoms with Gasteiger partial charge in [0.15, 0.2) is 11.5 Å². The summed E-state index contributed by atoms with van der Waals surface area (Å²) in [6.45, 7) is 1.32. The number of halogens is 1. The van der Waals surface area contributed by atoms with E-state index in [1.807, 2.05) is 34.9 Å². The Morgan fingerprint density at radius 1 is 1.32 bits per heavy atom. The second kappa shape index (κ2) is 6.93. The van der Waals surface area contributed by atoms with E-state index in [1.54, 1.807) is 12.1 Å². The predicted molar refractivity (Wildman–Crippen MR) is 97.4 cm³/mol. The number of hydrogen-bond donors (Lipinski definition) is 1. The van der Waals surface area contributed by atoms with Crippen LogP contribution in [0.25, 0.3) is 17.0 Å². The van der Waals surface area contributed by atoms with Crippen molar-refractivity contribution in [3.8, 4) is 11.4 Å². The molecule has 1 aliphatic rings. The van der Waals surface area contributed by atoms with E-state index < -0.39 is 0 Å². The van der Waals surface area contributed by atoms with Gasteiger partial charge in [-0.15, -0.1) is 10.2 Å². The van der Waals surface area contributed by atoms with Crippen molar-refractivity contribution in [1.29, 1.82) is 0 Å². The first-order chi connectivity index (χ1) is 12.2. The second-order valence-electron chi connectivity index (χ2n) is 5.99. The van der Waals surface area contributed by atoms with Crippen molar-refractivity contribution in [1.82, 2.24) is 19.9 Å². The Kier molecular flexibility index (Phi) is 4.50. The molecule has 1 fully saturated rings. The first kappa shape index (κ1) is 16.2. The summed E-state index contributed by atoms with van der Waals surface area (Å²) in [4.78, 5) is 12.3. The van der Waals surface area contributed by atoms with E-state index in [9.17, 15) is 4.79 Å². The van der Waals surface area contributed by atoms with Crippen LogP contribution in [-0.2, 0) is 4.74 Å². The van der Waals surface area contributed by atoms with Gasteiger partial charge in [0.05, 0.1) is 6.10 Å². The zero-order valence-corrected chi connectivity index (χ0v) is 15.1. The molecule has 1 saturated heterocycles. The van der Waals surface area contributed by atoms with Crippen LogP contribution in [0.4, 0.5) is 0 Å². The summed E-state index contributed by atoms with van der Waals surface area (Å²) in [6, 6.07) is 11.4. The molecule has 1 N–H and O–H groups in total. The Hall–Kier alpha value is -2.25. The van der Waals surface area contributed by atoms with E-state index in [0.717, 1.165) is 35.3 Å². The molecule has 6 nitrogen and oxygen atoms in total. The molecule has 1 atom stereocenters. The number of nitrogens with zero attached hydrogens (tertiary/aromatic N) is 3. The van der Waals surface area contributed by atoms with Gasteiger partial charge < -0.3 is 10.1 Å². The number of ether oxygens (including phenoxy) is 1. The Morgan fingerprint density at radius 3 is 3.00 bits per heavy atom. The number of fused-ring (bicyclic) bond motifs is 1. The molecule has 1 aliphatic heterocycles. The van der Waals surface area contributed by atoms with E-state index in [-0.39, 0.29) is 12.0 Å². The molecule has 1 amide bonds. The minimum absolute atomic E-state index is 0.122. The SMILES string of the molecule is O=C(NCC1CCCO1)c1ccn2c(-c3ccccc3Br)nnc2c1. The first-order valence-electron chi connectivity index (χ1n) is 8.22. The van der Waals surface area contributed by atoms with E-state index in [1.165, 1.54) is 0 Å². The fraction of sp³-hybridized carbons (Fsp3) is 0.278. The minimum Gasteiger partial charge on any atom is -0.376 e. The number of pyridine rings is 1. The van der Waals surface area contributed by atoms with Crippen LogP contribution in [0, 0.1) is 0 Å². The highest BCUT2D eigenvalue weighted by Crippen LogP contribution is 2.26. The number of aromatic nitrogens is 3. The van der Waals surface area contributed by atoms with Gasteiger partial charge in [0, 0.05) is 34.9 Å². The molecule has 0 aliphatic carbocycles. The number of rotatable bonds is 4. The highest BCUT2D eigenvalue weighted by Gasteiger charge is 2.17. The summed E-state index contributed by atoms with van der Waals surface area (Å²) in [5.41, 5.74) is 2.15. The zero-order chi connectivity index (χ0) is 17.2. The topological polar surface area (TPSA) is 68.5 Å². The third-order valence-electron chi connectivity index (χ3n) is 4.30. The normalized spacial score (nSPS) is 17.1. The van der Waals surface area contributed by atoms with Gasteiger partial charge in [-0.1, -0.05) is 34.1 Å². The lowest BCUT2D eigenvalue weighted by molar-refractivity contribution is 0.0858. The number of amides is 1. The maximum atomic E-state index is 12.3. The van der Waals surface area contributed by atoms with Crippen LogP contribution in [0.1, 0.15) is 23.2 Å². The van der Waals surface area contributed by atoms with Crippen LogP contribution < -0.4 is 5.32 Å². The number of hydrogen-bond acceptors (Lipinski definition) is 4. The number of carbonyl (C=O) groups is 1. The summed E-state index contributed by atoms with van der Waals surface area (Å²) in [6.07, 6.45) is 4.01. The third-order valence-corrected chi connectivity index (χ3v) is 4.99. The van der Waals surface area contributed by atoms with Gasteiger partial charge in [-0.25, -0.2) is 0 Å². The van der Waals surface area contributed by atoms with Crippen molar-refractivity contribution in [2.24, 2.45) is 0 Å². The lowest BCUT2D eigenvalue weighted by atomic mass is 10.2. The van der Waals surface area contributed by atoms with Gasteiger partial charge in [-0.05, 0) is 31.0 Å². The fourth-order valence-corrected chi connectivity index (χ4v) is 3.43. The van der Waals surface area contributed by atoms with Gasteiger partial charge in [-0.2, -0.15) is 0 Å². The Bertz CT molecular complexity index is 918. The average Bonchev–Trinajstić information content (AvgIpc) is 3.29. The van der Waals surface area contributed by atoms with Crippen LogP contribution in [-0.4, -0.2) is 39.8 Å². The second-order valence-corrected chi connectivity index (χ2v) is 6.85. The van der Waals surface area contributed by atoms with Gasteiger partial charge in [0.1, 0.15) is 0 Å². The maximum Gasteiger partial charge on any atom is 0.251 e. The summed E-state index contributed by atoms with van der Waals surface area (Å²) < 4.78 is 8.35. The van der Waals surface area contributed by atoms with E-state index in [4.69, 9.17) is 4.74 Å². The molecule has 0 radical (unpaired) electrons. The van der Waals surface area contributed by atoms with Crippen molar-refractivity contribution < 1.29 is 9.53 Å². The third kappa shape index (κ3) is 3.29. The molecule has 0 spiro atoms. The Balaban J connectivity index is 1.57. The standard InChI is InChI=1S/C18H17BrN4O2/c19-15-6-2-1-5-14(15)17-22-21-16-10-12(7-8-23(16)17)18(24)20-11-13-4-3-9-25-13/h1-2,5-8,10,13H,3-4,9,11H2,(H,20,24). The summed E-state index contributed by atoms with van der Waals surface area (Å²) in [7, 11) is 0. The molecule has 3 aromatic rings. The maximum absolute atomic E-state index is 12.3. The highest BCUT2D eigenvalue weighted by molar-refractivity contribution is 9.10. The molecule has 0 bridgehead atoms. The van der Waals surface area contributed by atoms with Crippen LogP contribution in [0.5, 0.6) is 0 Å². The van der Waals surface area contributed by atoms with Crippen LogP contribution in [0.2, 0.25) is 0 Å². The Labute approximate surface area is 153 Å². The molecule has 1 aromatic carbocycles. The summed E-state index contributed by atoms with van der Waals surface area (Å²) >= 11 is 3.54. The molecule has 3 heterocycles. The number of benzene rings is 1. The molecular weight excluding hydrogens is 384 g/mol. The van der Waals surface area contributed by atoms with Gasteiger partial charge >= 0.3 is 0 Å². The fourth-order valence-electron chi connectivity index (χ4n) is 2.97. The van der Waals surface area contributed by atoms with Crippen molar-refractivity contribution in [2.75, 3.05) is 13.2 Å². The predicted octanol–water partition coefficient (Wildman–Crippen LogP) is 3.07. The Morgan fingerprint density at radius 2 is 2.20 bits per heavy atom. The van der Waals surface area contributed by atoms with Crippen molar-refractivity contribution in [3.05, 3.63) is 52.6 Å². The quantitative estimate of drug-likeness (QED) is 0.730. The molecule has 1 unspecified atom stereocenters. The van der Waals surface area contributed by atoms with E-state index in [0.29, 0.717) is 17.8 Å². The highest BCUT2D eigenvalue weighted by atomic mass is 79.9. The number of nitrogens with one attached hydrogen (secondary N) is 1. The van der Waals surface area contributed by atoms with Crippen LogP contribution in [0.15, 0.2) is 47.1 Å². The van der Waals surface area contributed by atoms with Crippen LogP contribution >= 0.6 is 15.9 Å². The first-order valence-corrected chi connectivity index (χ1v) is 9.01.